The Morgan fingerprint density at radius 3 is 2.62 bits per heavy atom. The maximum Gasteiger partial charge on any atom is 0.417 e. The molecule has 0 aliphatic rings. The first kappa shape index (κ1) is 15.0. The van der Waals surface area contributed by atoms with Crippen LogP contribution in [-0.2, 0) is 11.0 Å². The predicted octanol–water partition coefficient (Wildman–Crippen LogP) is 3.35. The van der Waals surface area contributed by atoms with Crippen LogP contribution in [0.25, 0.3) is 11.1 Å². The second-order valence-electron chi connectivity index (χ2n) is 4.41. The fourth-order valence-electron chi connectivity index (χ4n) is 1.80. The number of hydrogen-bond donors (Lipinski definition) is 1. The van der Waals surface area contributed by atoms with Gasteiger partial charge in [0.15, 0.2) is 0 Å². The molecule has 2 aromatic rings. The number of carboxylic acid groups (broad SMARTS) is 1. The zero-order chi connectivity index (χ0) is 15.8. The summed E-state index contributed by atoms with van der Waals surface area (Å²) in [4.78, 5) is 10.8. The standard InChI is InChI=1S/C13H10F4N2O2/c1-7(12(20)21)19-6-8(5-18-19)10-3-2-9(14)4-11(10)13(15,16)17/h2-7H,1H3,(H,20,21). The highest BCUT2D eigenvalue weighted by Crippen LogP contribution is 2.37. The highest BCUT2D eigenvalue weighted by Gasteiger charge is 2.34. The Morgan fingerprint density at radius 1 is 1.38 bits per heavy atom. The van der Waals surface area contributed by atoms with E-state index in [9.17, 15) is 22.4 Å². The third-order valence-electron chi connectivity index (χ3n) is 2.95. The Hall–Kier alpha value is -2.38. The molecular weight excluding hydrogens is 292 g/mol. The van der Waals surface area contributed by atoms with Crippen LogP contribution in [-0.4, -0.2) is 20.9 Å². The molecule has 0 saturated carbocycles. The molecule has 1 unspecified atom stereocenters. The third-order valence-corrected chi connectivity index (χ3v) is 2.95. The van der Waals surface area contributed by atoms with Gasteiger partial charge >= 0.3 is 12.1 Å². The lowest BCUT2D eigenvalue weighted by Gasteiger charge is -2.11. The molecule has 8 heteroatoms. The number of rotatable bonds is 3. The lowest BCUT2D eigenvalue weighted by Crippen LogP contribution is -2.15. The largest absolute Gasteiger partial charge is 0.480 e. The van der Waals surface area contributed by atoms with Crippen LogP contribution in [0.5, 0.6) is 0 Å². The van der Waals surface area contributed by atoms with Crippen molar-refractivity contribution in [3.8, 4) is 11.1 Å². The fraction of sp³-hybridized carbons (Fsp3) is 0.231. The van der Waals surface area contributed by atoms with Gasteiger partial charge in [0, 0.05) is 11.8 Å². The second kappa shape index (κ2) is 5.19. The molecule has 0 aliphatic heterocycles. The smallest absolute Gasteiger partial charge is 0.417 e. The molecule has 0 bridgehead atoms. The summed E-state index contributed by atoms with van der Waals surface area (Å²) in [7, 11) is 0. The van der Waals surface area contributed by atoms with Gasteiger partial charge in [0.1, 0.15) is 11.9 Å². The van der Waals surface area contributed by atoms with Crippen molar-refractivity contribution in [2.45, 2.75) is 19.1 Å². The normalized spacial score (nSPS) is 13.2. The van der Waals surface area contributed by atoms with Crippen molar-refractivity contribution < 1.29 is 27.5 Å². The lowest BCUT2D eigenvalue weighted by atomic mass is 10.0. The number of benzene rings is 1. The molecule has 2 rings (SSSR count). The molecule has 0 saturated heterocycles. The zero-order valence-electron chi connectivity index (χ0n) is 10.7. The topological polar surface area (TPSA) is 55.1 Å². The first-order valence-electron chi connectivity index (χ1n) is 5.84. The van der Waals surface area contributed by atoms with Crippen LogP contribution in [0.2, 0.25) is 0 Å². The van der Waals surface area contributed by atoms with Crippen LogP contribution in [0.4, 0.5) is 17.6 Å². The van der Waals surface area contributed by atoms with Crippen molar-refractivity contribution in [3.05, 3.63) is 42.0 Å². The van der Waals surface area contributed by atoms with Gasteiger partial charge in [-0.05, 0) is 24.6 Å². The summed E-state index contributed by atoms with van der Waals surface area (Å²) in [6.07, 6.45) is -2.43. The number of carbonyl (C=O) groups is 1. The highest BCUT2D eigenvalue weighted by molar-refractivity contribution is 5.72. The van der Waals surface area contributed by atoms with Crippen LogP contribution < -0.4 is 0 Å². The van der Waals surface area contributed by atoms with Crippen LogP contribution in [0.1, 0.15) is 18.5 Å². The summed E-state index contributed by atoms with van der Waals surface area (Å²) in [6, 6.07) is 1.27. The van der Waals surface area contributed by atoms with Gasteiger partial charge in [0.2, 0.25) is 0 Å². The van der Waals surface area contributed by atoms with Crippen molar-refractivity contribution in [2.24, 2.45) is 0 Å². The van der Waals surface area contributed by atoms with Crippen molar-refractivity contribution >= 4 is 5.97 Å². The first-order chi connectivity index (χ1) is 9.70. The lowest BCUT2D eigenvalue weighted by molar-refractivity contribution is -0.140. The van der Waals surface area contributed by atoms with E-state index in [1.807, 2.05) is 0 Å². The molecule has 1 N–H and O–H groups in total. The zero-order valence-corrected chi connectivity index (χ0v) is 10.7. The number of aromatic nitrogens is 2. The van der Waals surface area contributed by atoms with Gasteiger partial charge in [-0.15, -0.1) is 0 Å². The summed E-state index contributed by atoms with van der Waals surface area (Å²) in [5.41, 5.74) is -1.33. The summed E-state index contributed by atoms with van der Waals surface area (Å²) in [5, 5.41) is 12.6. The quantitative estimate of drug-likeness (QED) is 0.885. The van der Waals surface area contributed by atoms with E-state index in [0.717, 1.165) is 23.0 Å². The van der Waals surface area contributed by atoms with Gasteiger partial charge in [-0.1, -0.05) is 6.07 Å². The van der Waals surface area contributed by atoms with Crippen molar-refractivity contribution in [1.82, 2.24) is 9.78 Å². The Balaban J connectivity index is 2.50. The molecule has 0 radical (unpaired) electrons. The molecule has 1 aromatic carbocycles. The predicted molar refractivity (Wildman–Crippen MR) is 65.0 cm³/mol. The third kappa shape index (κ3) is 3.04. The Morgan fingerprint density at radius 2 is 2.05 bits per heavy atom. The SMILES string of the molecule is CC(C(=O)O)n1cc(-c2ccc(F)cc2C(F)(F)F)cn1. The van der Waals surface area contributed by atoms with Gasteiger partial charge in [-0.2, -0.15) is 18.3 Å². The van der Waals surface area contributed by atoms with Crippen molar-refractivity contribution in [1.29, 1.82) is 0 Å². The highest BCUT2D eigenvalue weighted by atomic mass is 19.4. The second-order valence-corrected chi connectivity index (χ2v) is 4.41. The summed E-state index contributed by atoms with van der Waals surface area (Å²) in [6.45, 7) is 1.34. The molecule has 112 valence electrons. The van der Waals surface area contributed by atoms with E-state index in [2.05, 4.69) is 5.10 Å². The minimum Gasteiger partial charge on any atom is -0.480 e. The van der Waals surface area contributed by atoms with Crippen molar-refractivity contribution in [2.75, 3.05) is 0 Å². The summed E-state index contributed by atoms with van der Waals surface area (Å²) in [5.74, 6) is -2.17. The Labute approximate surface area is 116 Å². The molecule has 1 atom stereocenters. The maximum atomic E-state index is 13.0. The minimum absolute atomic E-state index is 0.0652. The number of hydrogen-bond acceptors (Lipinski definition) is 2. The number of aliphatic carboxylic acids is 1. The minimum atomic E-state index is -4.72. The number of carboxylic acids is 1. The molecule has 0 fully saturated rings. The van der Waals surface area contributed by atoms with E-state index in [1.54, 1.807) is 0 Å². The molecular formula is C13H10F4N2O2. The van der Waals surface area contributed by atoms with E-state index in [4.69, 9.17) is 5.11 Å². The average molecular weight is 302 g/mol. The maximum absolute atomic E-state index is 13.0. The Kier molecular flexibility index (Phi) is 3.71. The first-order valence-corrected chi connectivity index (χ1v) is 5.84. The van der Waals surface area contributed by atoms with E-state index in [1.165, 1.54) is 13.1 Å². The molecule has 0 spiro atoms. The van der Waals surface area contributed by atoms with Gasteiger partial charge in [0.25, 0.3) is 0 Å². The molecule has 0 amide bonds. The molecule has 1 aromatic heterocycles. The van der Waals surface area contributed by atoms with Crippen LogP contribution in [0, 0.1) is 5.82 Å². The fourth-order valence-corrected chi connectivity index (χ4v) is 1.80. The molecule has 1 heterocycles. The van der Waals surface area contributed by atoms with Crippen molar-refractivity contribution in [3.63, 3.8) is 0 Å². The van der Waals surface area contributed by atoms with Crippen LogP contribution >= 0.6 is 0 Å². The molecule has 4 nitrogen and oxygen atoms in total. The van der Waals surface area contributed by atoms with E-state index in [0.29, 0.717) is 6.07 Å². The monoisotopic (exact) mass is 302 g/mol. The average Bonchev–Trinajstić information content (AvgIpc) is 2.86. The van der Waals surface area contributed by atoms with Crippen LogP contribution in [0.3, 0.4) is 0 Å². The van der Waals surface area contributed by atoms with E-state index >= 15 is 0 Å². The summed E-state index contributed by atoms with van der Waals surface area (Å²) < 4.78 is 52.8. The van der Waals surface area contributed by atoms with Gasteiger partial charge < -0.3 is 5.11 Å². The number of alkyl halides is 3. The van der Waals surface area contributed by atoms with Gasteiger partial charge in [0.05, 0.1) is 11.8 Å². The van der Waals surface area contributed by atoms with E-state index < -0.39 is 29.6 Å². The van der Waals surface area contributed by atoms with Gasteiger partial charge in [-0.3, -0.25) is 4.68 Å². The number of nitrogens with zero attached hydrogens (tertiary/aromatic N) is 2. The van der Waals surface area contributed by atoms with Gasteiger partial charge in [-0.25, -0.2) is 9.18 Å². The van der Waals surface area contributed by atoms with Crippen LogP contribution in [0.15, 0.2) is 30.6 Å². The van der Waals surface area contributed by atoms with E-state index in [-0.39, 0.29) is 11.1 Å². The molecule has 21 heavy (non-hydrogen) atoms. The molecule has 0 aliphatic carbocycles. The number of halogens is 4. The summed E-state index contributed by atoms with van der Waals surface area (Å²) >= 11 is 0. The Bertz CT molecular complexity index is 679.